The van der Waals surface area contributed by atoms with Crippen molar-refractivity contribution in [3.63, 3.8) is 0 Å². The Hall–Kier alpha value is -1.04. The maximum Gasteiger partial charge on any atom is 0.127 e. The van der Waals surface area contributed by atoms with Gasteiger partial charge in [0.15, 0.2) is 0 Å². The molecule has 1 N–H and O–H groups in total. The second-order valence-corrected chi connectivity index (χ2v) is 5.62. The third-order valence-electron chi connectivity index (χ3n) is 3.95. The van der Waals surface area contributed by atoms with Gasteiger partial charge in [0, 0.05) is 37.3 Å². The lowest BCUT2D eigenvalue weighted by atomic mass is 10.1. The summed E-state index contributed by atoms with van der Waals surface area (Å²) in [4.78, 5) is 2.18. The fraction of sp³-hybridized carbons (Fsp3) is 0.600. The molecule has 0 aromatic heterocycles. The molecule has 2 aliphatic rings. The molecule has 1 aromatic carbocycles. The van der Waals surface area contributed by atoms with Gasteiger partial charge in [-0.1, -0.05) is 0 Å². The van der Waals surface area contributed by atoms with Crippen LogP contribution in [0.3, 0.4) is 0 Å². The van der Waals surface area contributed by atoms with E-state index >= 15 is 0 Å². The molecule has 1 atom stereocenters. The van der Waals surface area contributed by atoms with Gasteiger partial charge in [0.25, 0.3) is 0 Å². The van der Waals surface area contributed by atoms with Crippen LogP contribution in [0.2, 0.25) is 0 Å². The van der Waals surface area contributed by atoms with E-state index in [9.17, 15) is 8.78 Å². The molecule has 3 rings (SSSR count). The third-order valence-corrected chi connectivity index (χ3v) is 3.95. The molecule has 1 heterocycles. The highest BCUT2D eigenvalue weighted by Crippen LogP contribution is 2.20. The van der Waals surface area contributed by atoms with Crippen molar-refractivity contribution in [1.82, 2.24) is 10.2 Å². The van der Waals surface area contributed by atoms with E-state index in [-0.39, 0.29) is 17.7 Å². The van der Waals surface area contributed by atoms with Crippen molar-refractivity contribution < 1.29 is 13.5 Å². The monoisotopic (exact) mass is 282 g/mol. The topological polar surface area (TPSA) is 24.5 Å². The maximum atomic E-state index is 13.7. The molecule has 1 aliphatic heterocycles. The Bertz CT molecular complexity index is 465. The number of ether oxygens (including phenoxy) is 1. The predicted molar refractivity (Wildman–Crippen MR) is 72.4 cm³/mol. The molecule has 110 valence electrons. The summed E-state index contributed by atoms with van der Waals surface area (Å²) in [6, 6.07) is 4.51. The van der Waals surface area contributed by atoms with Crippen LogP contribution >= 0.6 is 0 Å². The molecule has 1 unspecified atom stereocenters. The Balaban J connectivity index is 1.64. The summed E-state index contributed by atoms with van der Waals surface area (Å²) in [5.74, 6) is -0.728. The molecule has 20 heavy (non-hydrogen) atoms. The number of rotatable bonds is 5. The molecule has 0 radical (unpaired) electrons. The van der Waals surface area contributed by atoms with Crippen LogP contribution in [-0.2, 0) is 11.3 Å². The van der Waals surface area contributed by atoms with Gasteiger partial charge in [-0.25, -0.2) is 8.78 Å². The second kappa shape index (κ2) is 6.16. The number of halogens is 2. The number of nitrogens with one attached hydrogen (secondary N) is 1. The predicted octanol–water partition coefficient (Wildman–Crippen LogP) is 1.92. The standard InChI is InChI=1S/C15H20F2N2O/c16-12-1-4-15(17)11(7-12)9-19-5-6-20-10-14(19)8-18-13-2-3-13/h1,4,7,13-14,18H,2-3,5-6,8-10H2. The van der Waals surface area contributed by atoms with E-state index in [1.54, 1.807) is 0 Å². The zero-order valence-electron chi connectivity index (χ0n) is 11.4. The second-order valence-electron chi connectivity index (χ2n) is 5.62. The largest absolute Gasteiger partial charge is 0.378 e. The molecule has 1 aromatic rings. The van der Waals surface area contributed by atoms with Gasteiger partial charge in [-0.15, -0.1) is 0 Å². The van der Waals surface area contributed by atoms with Crippen molar-refractivity contribution in [1.29, 1.82) is 0 Å². The number of benzene rings is 1. The Morgan fingerprint density at radius 2 is 2.15 bits per heavy atom. The quantitative estimate of drug-likeness (QED) is 0.893. The molecule has 0 amide bonds. The zero-order chi connectivity index (χ0) is 13.9. The fourth-order valence-corrected chi connectivity index (χ4v) is 2.56. The molecule has 5 heteroatoms. The first-order valence-electron chi connectivity index (χ1n) is 7.21. The highest BCUT2D eigenvalue weighted by atomic mass is 19.1. The molecular formula is C15H20F2N2O. The fourth-order valence-electron chi connectivity index (χ4n) is 2.56. The highest BCUT2D eigenvalue weighted by molar-refractivity contribution is 5.18. The van der Waals surface area contributed by atoms with Gasteiger partial charge >= 0.3 is 0 Å². The first-order valence-corrected chi connectivity index (χ1v) is 7.21. The number of hydrogen-bond acceptors (Lipinski definition) is 3. The van der Waals surface area contributed by atoms with Crippen LogP contribution in [0.15, 0.2) is 18.2 Å². The zero-order valence-corrected chi connectivity index (χ0v) is 11.4. The Morgan fingerprint density at radius 1 is 1.30 bits per heavy atom. The van der Waals surface area contributed by atoms with Crippen LogP contribution in [0, 0.1) is 11.6 Å². The molecule has 1 saturated heterocycles. The average molecular weight is 282 g/mol. The van der Waals surface area contributed by atoms with E-state index in [2.05, 4.69) is 10.2 Å². The minimum absolute atomic E-state index is 0.229. The number of morpholine rings is 1. The average Bonchev–Trinajstić information content (AvgIpc) is 3.26. The lowest BCUT2D eigenvalue weighted by Crippen LogP contribution is -2.50. The van der Waals surface area contributed by atoms with Gasteiger partial charge in [0.05, 0.1) is 13.2 Å². The SMILES string of the molecule is Fc1ccc(F)c(CN2CCOCC2CNC2CC2)c1. The maximum absolute atomic E-state index is 13.7. The smallest absolute Gasteiger partial charge is 0.127 e. The Labute approximate surface area is 117 Å². The molecule has 1 saturated carbocycles. The summed E-state index contributed by atoms with van der Waals surface area (Å²) in [7, 11) is 0. The summed E-state index contributed by atoms with van der Waals surface area (Å²) >= 11 is 0. The van der Waals surface area contributed by atoms with Crippen LogP contribution in [0.1, 0.15) is 18.4 Å². The van der Waals surface area contributed by atoms with Crippen molar-refractivity contribution in [3.8, 4) is 0 Å². The minimum Gasteiger partial charge on any atom is -0.378 e. The molecule has 3 nitrogen and oxygen atoms in total. The van der Waals surface area contributed by atoms with E-state index in [0.29, 0.717) is 31.4 Å². The summed E-state index contributed by atoms with van der Waals surface area (Å²) in [6.45, 7) is 3.34. The number of nitrogens with zero attached hydrogens (tertiary/aromatic N) is 1. The van der Waals surface area contributed by atoms with Gasteiger partial charge in [0.1, 0.15) is 11.6 Å². The number of hydrogen-bond donors (Lipinski definition) is 1. The molecular weight excluding hydrogens is 262 g/mol. The summed E-state index contributed by atoms with van der Waals surface area (Å²) < 4.78 is 32.5. The Kier molecular flexibility index (Phi) is 4.29. The minimum atomic E-state index is -0.387. The highest BCUT2D eigenvalue weighted by Gasteiger charge is 2.27. The van der Waals surface area contributed by atoms with Crippen molar-refractivity contribution in [2.45, 2.75) is 31.5 Å². The normalized spacial score (nSPS) is 24.0. The van der Waals surface area contributed by atoms with Gasteiger partial charge in [-0.3, -0.25) is 4.90 Å². The molecule has 2 fully saturated rings. The molecule has 1 aliphatic carbocycles. The lowest BCUT2D eigenvalue weighted by Gasteiger charge is -2.35. The van der Waals surface area contributed by atoms with Crippen LogP contribution in [0.4, 0.5) is 8.78 Å². The van der Waals surface area contributed by atoms with Gasteiger partial charge in [-0.2, -0.15) is 0 Å². The van der Waals surface area contributed by atoms with Crippen molar-refractivity contribution >= 4 is 0 Å². The Morgan fingerprint density at radius 3 is 2.95 bits per heavy atom. The van der Waals surface area contributed by atoms with Crippen LogP contribution < -0.4 is 5.32 Å². The third kappa shape index (κ3) is 3.53. The summed E-state index contributed by atoms with van der Waals surface area (Å²) in [6.07, 6.45) is 2.48. The van der Waals surface area contributed by atoms with Crippen molar-refractivity contribution in [2.24, 2.45) is 0 Å². The van der Waals surface area contributed by atoms with Crippen LogP contribution in [0.5, 0.6) is 0 Å². The van der Waals surface area contributed by atoms with Gasteiger partial charge in [0.2, 0.25) is 0 Å². The van der Waals surface area contributed by atoms with E-state index in [1.807, 2.05) is 0 Å². The van der Waals surface area contributed by atoms with Gasteiger partial charge < -0.3 is 10.1 Å². The van der Waals surface area contributed by atoms with Crippen molar-refractivity contribution in [3.05, 3.63) is 35.4 Å². The van der Waals surface area contributed by atoms with E-state index in [1.165, 1.54) is 25.0 Å². The summed E-state index contributed by atoms with van der Waals surface area (Å²) in [5.41, 5.74) is 0.420. The van der Waals surface area contributed by atoms with E-state index in [4.69, 9.17) is 4.74 Å². The van der Waals surface area contributed by atoms with Crippen LogP contribution in [0.25, 0.3) is 0 Å². The molecule has 0 spiro atoms. The van der Waals surface area contributed by atoms with E-state index < -0.39 is 0 Å². The first-order chi connectivity index (χ1) is 9.72. The first kappa shape index (κ1) is 13.9. The summed E-state index contributed by atoms with van der Waals surface area (Å²) in [5, 5.41) is 3.48. The van der Waals surface area contributed by atoms with Gasteiger partial charge in [-0.05, 0) is 31.0 Å². The van der Waals surface area contributed by atoms with Crippen molar-refractivity contribution in [2.75, 3.05) is 26.3 Å². The lowest BCUT2D eigenvalue weighted by molar-refractivity contribution is -0.0115. The molecule has 0 bridgehead atoms. The van der Waals surface area contributed by atoms with Crippen LogP contribution in [-0.4, -0.2) is 43.3 Å². The van der Waals surface area contributed by atoms with E-state index in [0.717, 1.165) is 19.2 Å².